The third-order valence-corrected chi connectivity index (χ3v) is 3.53. The van der Waals surface area contributed by atoms with Crippen LogP contribution in [0.3, 0.4) is 0 Å². The molecule has 1 atom stereocenters. The number of carbonyl (C=O) groups is 2. The molecule has 0 saturated carbocycles. The number of nitrogens with zero attached hydrogens (tertiary/aromatic N) is 1. The number of anilines is 1. The van der Waals surface area contributed by atoms with E-state index in [1.807, 2.05) is 31.2 Å². The molecule has 2 aromatic rings. The Balaban J connectivity index is 1.96. The van der Waals surface area contributed by atoms with Crippen LogP contribution in [0.1, 0.15) is 18.1 Å². The normalized spacial score (nSPS) is 11.8. The zero-order valence-electron chi connectivity index (χ0n) is 14.6. The molecule has 0 radical (unpaired) electrons. The van der Waals surface area contributed by atoms with Crippen molar-refractivity contribution in [2.24, 2.45) is 0 Å². The monoisotopic (exact) mass is 372 g/mol. The highest BCUT2D eigenvalue weighted by Gasteiger charge is 2.19. The van der Waals surface area contributed by atoms with E-state index in [4.69, 9.17) is 4.74 Å². The van der Waals surface area contributed by atoms with Crippen LogP contribution in [0.4, 0.5) is 15.8 Å². The lowest BCUT2D eigenvalue weighted by Gasteiger charge is -2.12. The van der Waals surface area contributed by atoms with Gasteiger partial charge in [-0.05, 0) is 37.6 Å². The largest absolute Gasteiger partial charge is 0.449 e. The highest BCUT2D eigenvalue weighted by atomic mass is 19.1. The van der Waals surface area contributed by atoms with Gasteiger partial charge in [0.2, 0.25) is 5.82 Å². The molecule has 1 N–H and O–H groups in total. The highest BCUT2D eigenvalue weighted by Crippen LogP contribution is 2.21. The minimum absolute atomic E-state index is 0.0197. The number of halogens is 1. The van der Waals surface area contributed by atoms with Crippen molar-refractivity contribution >= 4 is 29.3 Å². The predicted octanol–water partition coefficient (Wildman–Crippen LogP) is 3.63. The van der Waals surface area contributed by atoms with E-state index in [9.17, 15) is 24.1 Å². The van der Waals surface area contributed by atoms with E-state index in [1.165, 1.54) is 19.1 Å². The average Bonchev–Trinajstić information content (AvgIpc) is 2.61. The van der Waals surface area contributed by atoms with Gasteiger partial charge in [0.25, 0.3) is 5.91 Å². The summed E-state index contributed by atoms with van der Waals surface area (Å²) >= 11 is 0. The second kappa shape index (κ2) is 8.70. The molecule has 0 fully saturated rings. The van der Waals surface area contributed by atoms with Gasteiger partial charge >= 0.3 is 11.7 Å². The molecule has 0 spiro atoms. The zero-order chi connectivity index (χ0) is 20.0. The summed E-state index contributed by atoms with van der Waals surface area (Å²) in [5, 5.41) is 13.1. The summed E-state index contributed by atoms with van der Waals surface area (Å²) in [5.74, 6) is -2.43. The van der Waals surface area contributed by atoms with Gasteiger partial charge in [-0.3, -0.25) is 14.9 Å². The van der Waals surface area contributed by atoms with Gasteiger partial charge in [-0.2, -0.15) is 4.39 Å². The Bertz CT molecular complexity index is 911. The van der Waals surface area contributed by atoms with Crippen LogP contribution in [0.15, 0.2) is 48.5 Å². The molecule has 0 aliphatic rings. The molecule has 0 bridgehead atoms. The van der Waals surface area contributed by atoms with Crippen molar-refractivity contribution in [1.82, 2.24) is 0 Å². The van der Waals surface area contributed by atoms with E-state index in [1.54, 1.807) is 6.08 Å². The topological polar surface area (TPSA) is 98.5 Å². The van der Waals surface area contributed by atoms with E-state index in [0.29, 0.717) is 0 Å². The maximum absolute atomic E-state index is 13.3. The number of amides is 1. The summed E-state index contributed by atoms with van der Waals surface area (Å²) in [6.07, 6.45) is 1.61. The second-order valence-electron chi connectivity index (χ2n) is 5.74. The maximum Gasteiger partial charge on any atom is 0.331 e. The first-order valence-corrected chi connectivity index (χ1v) is 7.96. The van der Waals surface area contributed by atoms with Gasteiger partial charge in [0, 0.05) is 17.8 Å². The molecular weight excluding hydrogens is 355 g/mol. The third kappa shape index (κ3) is 5.74. The van der Waals surface area contributed by atoms with Gasteiger partial charge in [-0.1, -0.05) is 29.8 Å². The number of nitrogens with one attached hydrogen (secondary N) is 1. The summed E-state index contributed by atoms with van der Waals surface area (Å²) in [4.78, 5) is 33.7. The van der Waals surface area contributed by atoms with Crippen molar-refractivity contribution in [1.29, 1.82) is 0 Å². The van der Waals surface area contributed by atoms with Gasteiger partial charge in [0.1, 0.15) is 0 Å². The van der Waals surface area contributed by atoms with Crippen molar-refractivity contribution < 1.29 is 23.6 Å². The summed E-state index contributed by atoms with van der Waals surface area (Å²) < 4.78 is 18.3. The molecule has 0 unspecified atom stereocenters. The summed E-state index contributed by atoms with van der Waals surface area (Å²) in [6.45, 7) is 3.27. The quantitative estimate of drug-likeness (QED) is 0.361. The Morgan fingerprint density at radius 1 is 1.26 bits per heavy atom. The molecule has 140 valence electrons. The molecule has 2 rings (SSSR count). The van der Waals surface area contributed by atoms with E-state index in [-0.39, 0.29) is 5.69 Å². The third-order valence-electron chi connectivity index (χ3n) is 3.53. The van der Waals surface area contributed by atoms with E-state index >= 15 is 0 Å². The molecule has 0 heterocycles. The molecule has 0 aromatic heterocycles. The van der Waals surface area contributed by atoms with Gasteiger partial charge in [0.15, 0.2) is 6.10 Å². The lowest BCUT2D eigenvalue weighted by molar-refractivity contribution is -0.387. The fourth-order valence-electron chi connectivity index (χ4n) is 2.18. The Hall–Kier alpha value is -3.55. The van der Waals surface area contributed by atoms with E-state index < -0.39 is 34.4 Å². The number of nitro groups is 1. The van der Waals surface area contributed by atoms with Crippen LogP contribution in [0.2, 0.25) is 0 Å². The van der Waals surface area contributed by atoms with Crippen LogP contribution in [0.25, 0.3) is 6.08 Å². The van der Waals surface area contributed by atoms with Crippen LogP contribution < -0.4 is 5.32 Å². The molecule has 0 aliphatic carbocycles. The first-order valence-electron chi connectivity index (χ1n) is 7.96. The minimum Gasteiger partial charge on any atom is -0.449 e. The number of carbonyl (C=O) groups excluding carboxylic acids is 2. The summed E-state index contributed by atoms with van der Waals surface area (Å²) in [6, 6.07) is 10.4. The smallest absolute Gasteiger partial charge is 0.331 e. The summed E-state index contributed by atoms with van der Waals surface area (Å²) in [7, 11) is 0. The van der Waals surface area contributed by atoms with E-state index in [0.717, 1.165) is 23.3 Å². The van der Waals surface area contributed by atoms with Gasteiger partial charge in [0.05, 0.1) is 4.92 Å². The van der Waals surface area contributed by atoms with Crippen molar-refractivity contribution in [3.8, 4) is 0 Å². The number of aryl methyl sites for hydroxylation is 1. The molecule has 0 aliphatic heterocycles. The number of hydrogen-bond donors (Lipinski definition) is 1. The number of ether oxygens (including phenoxy) is 1. The fourth-order valence-corrected chi connectivity index (χ4v) is 2.18. The maximum atomic E-state index is 13.3. The molecule has 7 nitrogen and oxygen atoms in total. The standard InChI is InChI=1S/C19H17FN2O5/c1-12-4-3-5-14(10-12)6-9-18(23)27-13(2)19(24)21-15-7-8-16(20)17(11-15)22(25)26/h3-11,13H,1-2H3,(H,21,24)/b9-6+/t13-/m0/s1. The minimum atomic E-state index is -1.15. The van der Waals surface area contributed by atoms with Crippen LogP contribution in [0, 0.1) is 22.9 Å². The number of hydrogen-bond acceptors (Lipinski definition) is 5. The lowest BCUT2D eigenvalue weighted by Crippen LogP contribution is -2.29. The predicted molar refractivity (Wildman–Crippen MR) is 97.5 cm³/mol. The molecule has 2 aromatic carbocycles. The summed E-state index contributed by atoms with van der Waals surface area (Å²) in [5.41, 5.74) is 1.10. The van der Waals surface area contributed by atoms with Crippen LogP contribution in [-0.2, 0) is 14.3 Å². The number of esters is 1. The highest BCUT2D eigenvalue weighted by molar-refractivity contribution is 5.96. The van der Waals surface area contributed by atoms with Gasteiger partial charge in [-0.15, -0.1) is 0 Å². The fraction of sp³-hybridized carbons (Fsp3) is 0.158. The molecule has 1 amide bonds. The van der Waals surface area contributed by atoms with Gasteiger partial charge < -0.3 is 10.1 Å². The van der Waals surface area contributed by atoms with Crippen LogP contribution in [0.5, 0.6) is 0 Å². The average molecular weight is 372 g/mol. The molecular formula is C19H17FN2O5. The number of benzene rings is 2. The van der Waals surface area contributed by atoms with Gasteiger partial charge in [-0.25, -0.2) is 4.79 Å². The Labute approximate surface area is 154 Å². The van der Waals surface area contributed by atoms with Crippen LogP contribution in [-0.4, -0.2) is 22.9 Å². The first-order chi connectivity index (χ1) is 12.8. The Morgan fingerprint density at radius 3 is 2.67 bits per heavy atom. The molecule has 27 heavy (non-hydrogen) atoms. The first kappa shape index (κ1) is 19.8. The van der Waals surface area contributed by atoms with Crippen molar-refractivity contribution in [2.45, 2.75) is 20.0 Å². The number of rotatable bonds is 6. The van der Waals surface area contributed by atoms with Crippen molar-refractivity contribution in [3.63, 3.8) is 0 Å². The Kier molecular flexibility index (Phi) is 6.37. The van der Waals surface area contributed by atoms with Crippen molar-refractivity contribution in [3.05, 3.63) is 75.6 Å². The van der Waals surface area contributed by atoms with Crippen molar-refractivity contribution in [2.75, 3.05) is 5.32 Å². The SMILES string of the molecule is Cc1cccc(/C=C/C(=O)O[C@@H](C)C(=O)Nc2ccc(F)c([N+](=O)[O-])c2)c1. The molecule has 0 saturated heterocycles. The lowest BCUT2D eigenvalue weighted by atomic mass is 10.1. The van der Waals surface area contributed by atoms with E-state index in [2.05, 4.69) is 5.32 Å². The molecule has 8 heteroatoms. The Morgan fingerprint density at radius 2 is 2.00 bits per heavy atom. The van der Waals surface area contributed by atoms with Crippen LogP contribution >= 0.6 is 0 Å². The second-order valence-corrected chi connectivity index (χ2v) is 5.74. The zero-order valence-corrected chi connectivity index (χ0v) is 14.6. The number of nitro benzene ring substituents is 1.